The van der Waals surface area contributed by atoms with Crippen molar-refractivity contribution in [2.45, 2.75) is 19.0 Å². The van der Waals surface area contributed by atoms with Crippen LogP contribution in [0.1, 0.15) is 17.5 Å². The van der Waals surface area contributed by atoms with Crippen molar-refractivity contribution >= 4 is 17.6 Å². The number of nitrogens with zero attached hydrogens (tertiary/aromatic N) is 2. The minimum Gasteiger partial charge on any atom is -0.409 e. The summed E-state index contributed by atoms with van der Waals surface area (Å²) in [6.45, 7) is 0.351. The normalized spacial score (nSPS) is 19.8. The van der Waals surface area contributed by atoms with Gasteiger partial charge in [0, 0.05) is 19.2 Å². The maximum atomic E-state index is 11.8. The highest BCUT2D eigenvalue weighted by molar-refractivity contribution is 6.05. The van der Waals surface area contributed by atoms with E-state index in [0.717, 1.165) is 10.5 Å². The third kappa shape index (κ3) is 2.62. The molecule has 4 N–H and O–H groups in total. The number of imide groups is 1. The fraction of sp³-hybridized carbons (Fsp3) is 0.308. The summed E-state index contributed by atoms with van der Waals surface area (Å²) in [6, 6.07) is 6.60. The van der Waals surface area contributed by atoms with E-state index in [9.17, 15) is 9.59 Å². The van der Waals surface area contributed by atoms with Gasteiger partial charge in [-0.1, -0.05) is 29.4 Å². The Morgan fingerprint density at radius 3 is 2.80 bits per heavy atom. The first-order valence-electron chi connectivity index (χ1n) is 6.14. The third-order valence-corrected chi connectivity index (χ3v) is 3.32. The standard InChI is InChI=1S/C13H16N4O3/c1-17-11(18)6-10(13(17)19)15-7-8-4-2-3-5-9(8)12(14)16-20/h2-5,10,15,20H,6-7H2,1H3,(H2,14,16). The highest BCUT2D eigenvalue weighted by Gasteiger charge is 2.35. The molecule has 7 nitrogen and oxygen atoms in total. The summed E-state index contributed by atoms with van der Waals surface area (Å²) >= 11 is 0. The molecule has 0 aliphatic carbocycles. The zero-order chi connectivity index (χ0) is 14.7. The molecule has 1 fully saturated rings. The Morgan fingerprint density at radius 1 is 1.50 bits per heavy atom. The highest BCUT2D eigenvalue weighted by Crippen LogP contribution is 2.13. The molecule has 0 radical (unpaired) electrons. The Morgan fingerprint density at radius 2 is 2.20 bits per heavy atom. The smallest absolute Gasteiger partial charge is 0.246 e. The van der Waals surface area contributed by atoms with Gasteiger partial charge in [-0.25, -0.2) is 0 Å². The van der Waals surface area contributed by atoms with Gasteiger partial charge in [0.1, 0.15) is 0 Å². The van der Waals surface area contributed by atoms with E-state index < -0.39 is 6.04 Å². The maximum absolute atomic E-state index is 11.8. The fourth-order valence-electron chi connectivity index (χ4n) is 2.13. The van der Waals surface area contributed by atoms with Gasteiger partial charge in [0.05, 0.1) is 12.5 Å². The van der Waals surface area contributed by atoms with E-state index in [0.29, 0.717) is 12.1 Å². The van der Waals surface area contributed by atoms with Gasteiger partial charge >= 0.3 is 0 Å². The van der Waals surface area contributed by atoms with E-state index in [1.165, 1.54) is 7.05 Å². The monoisotopic (exact) mass is 276 g/mol. The van der Waals surface area contributed by atoms with Gasteiger partial charge < -0.3 is 16.3 Å². The van der Waals surface area contributed by atoms with E-state index in [4.69, 9.17) is 10.9 Å². The number of oxime groups is 1. The summed E-state index contributed by atoms with van der Waals surface area (Å²) in [4.78, 5) is 24.3. The predicted molar refractivity (Wildman–Crippen MR) is 72.0 cm³/mol. The zero-order valence-corrected chi connectivity index (χ0v) is 11.0. The molecule has 1 saturated heterocycles. The van der Waals surface area contributed by atoms with Crippen LogP contribution in [0, 0.1) is 0 Å². The lowest BCUT2D eigenvalue weighted by atomic mass is 10.1. The number of nitrogens with one attached hydrogen (secondary N) is 1. The molecule has 1 aromatic rings. The second-order valence-electron chi connectivity index (χ2n) is 4.57. The number of hydrogen-bond donors (Lipinski definition) is 3. The summed E-state index contributed by atoms with van der Waals surface area (Å²) < 4.78 is 0. The topological polar surface area (TPSA) is 108 Å². The van der Waals surface area contributed by atoms with Crippen LogP contribution in [0.5, 0.6) is 0 Å². The van der Waals surface area contributed by atoms with Crippen molar-refractivity contribution in [2.24, 2.45) is 10.9 Å². The number of likely N-dealkylation sites (tertiary alicyclic amines) is 1. The second kappa shape index (κ2) is 5.70. The molecule has 2 rings (SSSR count). The molecule has 0 bridgehead atoms. The van der Waals surface area contributed by atoms with Crippen LogP contribution in [0.15, 0.2) is 29.4 Å². The second-order valence-corrected chi connectivity index (χ2v) is 4.57. The number of likely N-dealkylation sites (N-methyl/N-ethyl adjacent to an activating group) is 1. The van der Waals surface area contributed by atoms with Gasteiger partial charge in [-0.2, -0.15) is 0 Å². The van der Waals surface area contributed by atoms with Gasteiger partial charge in [0.25, 0.3) is 0 Å². The van der Waals surface area contributed by atoms with E-state index in [2.05, 4.69) is 10.5 Å². The number of rotatable bonds is 4. The first kappa shape index (κ1) is 14.0. The van der Waals surface area contributed by atoms with Crippen molar-refractivity contribution in [2.75, 3.05) is 7.05 Å². The minimum absolute atomic E-state index is 0.00772. The van der Waals surface area contributed by atoms with Crippen LogP contribution in [-0.4, -0.2) is 40.8 Å². The number of benzene rings is 1. The van der Waals surface area contributed by atoms with Crippen LogP contribution in [0.4, 0.5) is 0 Å². The van der Waals surface area contributed by atoms with E-state index in [-0.39, 0.29) is 24.1 Å². The lowest BCUT2D eigenvalue weighted by Gasteiger charge is -2.13. The lowest BCUT2D eigenvalue weighted by molar-refractivity contribution is -0.137. The van der Waals surface area contributed by atoms with Crippen LogP contribution in [-0.2, 0) is 16.1 Å². The molecule has 20 heavy (non-hydrogen) atoms. The molecule has 106 valence electrons. The largest absolute Gasteiger partial charge is 0.409 e. The number of carbonyl (C=O) groups is 2. The van der Waals surface area contributed by atoms with Crippen LogP contribution in [0.3, 0.4) is 0 Å². The van der Waals surface area contributed by atoms with Crippen LogP contribution < -0.4 is 11.1 Å². The van der Waals surface area contributed by atoms with Gasteiger partial charge in [-0.15, -0.1) is 0 Å². The van der Waals surface area contributed by atoms with E-state index >= 15 is 0 Å². The Kier molecular flexibility index (Phi) is 3.99. The van der Waals surface area contributed by atoms with Gasteiger partial charge in [0.15, 0.2) is 5.84 Å². The quantitative estimate of drug-likeness (QED) is 0.228. The predicted octanol–water partition coefficient (Wildman–Crippen LogP) is -0.372. The Hall–Kier alpha value is -2.41. The van der Waals surface area contributed by atoms with Gasteiger partial charge in [-0.05, 0) is 5.56 Å². The molecule has 7 heteroatoms. The molecular weight excluding hydrogens is 260 g/mol. The Labute approximate surface area is 116 Å². The van der Waals surface area contributed by atoms with Crippen LogP contribution >= 0.6 is 0 Å². The molecule has 0 spiro atoms. The maximum Gasteiger partial charge on any atom is 0.246 e. The van der Waals surface area contributed by atoms with E-state index in [1.807, 2.05) is 12.1 Å². The molecule has 1 unspecified atom stereocenters. The first-order chi connectivity index (χ1) is 9.54. The van der Waals surface area contributed by atoms with Gasteiger partial charge in [-0.3, -0.25) is 14.5 Å². The molecule has 1 aliphatic heterocycles. The van der Waals surface area contributed by atoms with Crippen molar-refractivity contribution in [3.63, 3.8) is 0 Å². The molecular formula is C13H16N4O3. The molecule has 1 aliphatic rings. The number of amides is 2. The lowest BCUT2D eigenvalue weighted by Crippen LogP contribution is -2.37. The molecule has 1 aromatic carbocycles. The molecule has 2 amide bonds. The number of nitrogens with two attached hydrogens (primary N) is 1. The zero-order valence-electron chi connectivity index (χ0n) is 11.0. The first-order valence-corrected chi connectivity index (χ1v) is 6.14. The molecule has 0 aromatic heterocycles. The highest BCUT2D eigenvalue weighted by atomic mass is 16.4. The summed E-state index contributed by atoms with van der Waals surface area (Å²) in [5.74, 6) is -0.429. The summed E-state index contributed by atoms with van der Waals surface area (Å²) in [5, 5.41) is 14.7. The average molecular weight is 276 g/mol. The van der Waals surface area contributed by atoms with Crippen LogP contribution in [0.25, 0.3) is 0 Å². The summed E-state index contributed by atoms with van der Waals surface area (Å²) in [6.07, 6.45) is 0.154. The Bertz CT molecular complexity index is 570. The minimum atomic E-state index is -0.521. The van der Waals surface area contributed by atoms with Gasteiger partial charge in [0.2, 0.25) is 11.8 Å². The van der Waals surface area contributed by atoms with Crippen molar-refractivity contribution in [3.8, 4) is 0 Å². The Balaban J connectivity index is 2.09. The fourth-order valence-corrected chi connectivity index (χ4v) is 2.13. The summed E-state index contributed by atoms with van der Waals surface area (Å²) in [5.41, 5.74) is 6.97. The van der Waals surface area contributed by atoms with Crippen molar-refractivity contribution in [1.82, 2.24) is 10.2 Å². The molecule has 0 saturated carbocycles. The van der Waals surface area contributed by atoms with Crippen LogP contribution in [0.2, 0.25) is 0 Å². The number of amidine groups is 1. The van der Waals surface area contributed by atoms with Crippen molar-refractivity contribution in [1.29, 1.82) is 0 Å². The summed E-state index contributed by atoms with van der Waals surface area (Å²) in [7, 11) is 1.47. The molecule has 1 heterocycles. The van der Waals surface area contributed by atoms with Crippen molar-refractivity contribution < 1.29 is 14.8 Å². The van der Waals surface area contributed by atoms with Crippen molar-refractivity contribution in [3.05, 3.63) is 35.4 Å². The number of carbonyl (C=O) groups excluding carboxylic acids is 2. The van der Waals surface area contributed by atoms with E-state index in [1.54, 1.807) is 12.1 Å². The third-order valence-electron chi connectivity index (χ3n) is 3.32. The number of hydrogen-bond acceptors (Lipinski definition) is 5. The molecule has 1 atom stereocenters. The average Bonchev–Trinajstić information content (AvgIpc) is 2.72. The SMILES string of the molecule is CN1C(=O)CC(NCc2ccccc2C(N)=NO)C1=O.